The molecule has 0 bridgehead atoms. The van der Waals surface area contributed by atoms with Crippen molar-refractivity contribution in [2.24, 2.45) is 0 Å². The fourth-order valence-electron chi connectivity index (χ4n) is 1.75. The number of rotatable bonds is 3. The average Bonchev–Trinajstić information content (AvgIpc) is 2.51. The molecule has 0 radical (unpaired) electrons. The predicted octanol–water partition coefficient (Wildman–Crippen LogP) is 2.68. The number of fused-ring (bicyclic) bond motifs is 1. The fourth-order valence-corrected chi connectivity index (χ4v) is 1.75. The van der Waals surface area contributed by atoms with Crippen LogP contribution in [0.2, 0.25) is 0 Å². The maximum absolute atomic E-state index is 11.0. The van der Waals surface area contributed by atoms with Gasteiger partial charge in [-0.2, -0.15) is 0 Å². The SMILES string of the molecule is CC(C)Oc1cc(C(=O)O)cc2c1OC(C)(C)O2. The van der Waals surface area contributed by atoms with E-state index >= 15 is 0 Å². The Kier molecular flexibility index (Phi) is 2.84. The number of hydrogen-bond acceptors (Lipinski definition) is 4. The zero-order valence-electron chi connectivity index (χ0n) is 10.8. The van der Waals surface area contributed by atoms with Gasteiger partial charge in [0.05, 0.1) is 11.7 Å². The van der Waals surface area contributed by atoms with Gasteiger partial charge in [-0.05, 0) is 26.0 Å². The summed E-state index contributed by atoms with van der Waals surface area (Å²) in [7, 11) is 0. The van der Waals surface area contributed by atoms with E-state index in [1.165, 1.54) is 12.1 Å². The first kappa shape index (κ1) is 12.5. The molecule has 0 unspecified atom stereocenters. The van der Waals surface area contributed by atoms with Crippen molar-refractivity contribution < 1.29 is 24.1 Å². The van der Waals surface area contributed by atoms with Gasteiger partial charge in [0.25, 0.3) is 0 Å². The van der Waals surface area contributed by atoms with Gasteiger partial charge >= 0.3 is 5.97 Å². The van der Waals surface area contributed by atoms with E-state index in [1.54, 1.807) is 13.8 Å². The van der Waals surface area contributed by atoms with Crippen molar-refractivity contribution >= 4 is 5.97 Å². The first-order valence-electron chi connectivity index (χ1n) is 5.74. The van der Waals surface area contributed by atoms with Crippen molar-refractivity contribution in [2.45, 2.75) is 39.6 Å². The van der Waals surface area contributed by atoms with E-state index in [4.69, 9.17) is 19.3 Å². The van der Waals surface area contributed by atoms with Crippen LogP contribution in [0, 0.1) is 0 Å². The molecule has 98 valence electrons. The lowest BCUT2D eigenvalue weighted by Crippen LogP contribution is -2.29. The highest BCUT2D eigenvalue weighted by atomic mass is 16.7. The number of carboxylic acids is 1. The standard InChI is InChI=1S/C13H16O5/c1-7(2)16-9-5-8(12(14)15)6-10-11(9)18-13(3,4)17-10/h5-7H,1-4H3,(H,14,15). The number of ether oxygens (including phenoxy) is 3. The molecule has 1 aliphatic rings. The molecule has 1 aliphatic heterocycles. The molecule has 0 saturated heterocycles. The van der Waals surface area contributed by atoms with Crippen LogP contribution in [-0.4, -0.2) is 23.0 Å². The summed E-state index contributed by atoms with van der Waals surface area (Å²) >= 11 is 0. The van der Waals surface area contributed by atoms with Gasteiger partial charge in [-0.1, -0.05) is 0 Å². The van der Waals surface area contributed by atoms with E-state index in [1.807, 2.05) is 13.8 Å². The Morgan fingerprint density at radius 1 is 1.33 bits per heavy atom. The van der Waals surface area contributed by atoms with Crippen LogP contribution in [0.5, 0.6) is 17.2 Å². The number of hydrogen-bond donors (Lipinski definition) is 1. The maximum atomic E-state index is 11.0. The highest BCUT2D eigenvalue weighted by Gasteiger charge is 2.35. The lowest BCUT2D eigenvalue weighted by Gasteiger charge is -2.17. The summed E-state index contributed by atoms with van der Waals surface area (Å²) in [6, 6.07) is 2.89. The van der Waals surface area contributed by atoms with Crippen LogP contribution < -0.4 is 14.2 Å². The molecule has 18 heavy (non-hydrogen) atoms. The van der Waals surface area contributed by atoms with Crippen molar-refractivity contribution in [3.05, 3.63) is 17.7 Å². The van der Waals surface area contributed by atoms with Crippen LogP contribution in [0.15, 0.2) is 12.1 Å². The third-order valence-corrected chi connectivity index (χ3v) is 2.33. The van der Waals surface area contributed by atoms with E-state index in [0.717, 1.165) is 0 Å². The van der Waals surface area contributed by atoms with Crippen molar-refractivity contribution in [1.29, 1.82) is 0 Å². The molecule has 0 atom stereocenters. The molecule has 0 saturated carbocycles. The zero-order chi connectivity index (χ0) is 13.5. The Bertz CT molecular complexity index is 490. The minimum Gasteiger partial charge on any atom is -0.487 e. The van der Waals surface area contributed by atoms with Crippen LogP contribution in [0.25, 0.3) is 0 Å². The van der Waals surface area contributed by atoms with Gasteiger partial charge in [0.1, 0.15) is 0 Å². The molecule has 1 heterocycles. The molecule has 0 amide bonds. The monoisotopic (exact) mass is 252 g/mol. The van der Waals surface area contributed by atoms with Gasteiger partial charge in [0, 0.05) is 13.8 Å². The van der Waals surface area contributed by atoms with Gasteiger partial charge in [-0.15, -0.1) is 0 Å². The van der Waals surface area contributed by atoms with Crippen molar-refractivity contribution in [3.8, 4) is 17.2 Å². The Morgan fingerprint density at radius 3 is 2.56 bits per heavy atom. The Balaban J connectivity index is 2.49. The van der Waals surface area contributed by atoms with Gasteiger partial charge in [0.15, 0.2) is 11.5 Å². The molecule has 0 aromatic heterocycles. The molecule has 0 fully saturated rings. The Hall–Kier alpha value is -1.91. The second kappa shape index (κ2) is 4.08. The van der Waals surface area contributed by atoms with E-state index < -0.39 is 11.8 Å². The van der Waals surface area contributed by atoms with Crippen LogP contribution in [0.3, 0.4) is 0 Å². The van der Waals surface area contributed by atoms with E-state index in [2.05, 4.69) is 0 Å². The minimum atomic E-state index is -1.03. The average molecular weight is 252 g/mol. The van der Waals surface area contributed by atoms with E-state index in [9.17, 15) is 4.79 Å². The molecule has 2 rings (SSSR count). The lowest BCUT2D eigenvalue weighted by molar-refractivity contribution is -0.0443. The summed E-state index contributed by atoms with van der Waals surface area (Å²) < 4.78 is 16.7. The summed E-state index contributed by atoms with van der Waals surface area (Å²) in [5.41, 5.74) is 0.116. The summed E-state index contributed by atoms with van der Waals surface area (Å²) in [5.74, 6) is -0.589. The lowest BCUT2D eigenvalue weighted by atomic mass is 10.2. The zero-order valence-corrected chi connectivity index (χ0v) is 10.8. The van der Waals surface area contributed by atoms with Crippen molar-refractivity contribution in [3.63, 3.8) is 0 Å². The third-order valence-electron chi connectivity index (χ3n) is 2.33. The number of benzene rings is 1. The number of carboxylic acid groups (broad SMARTS) is 1. The van der Waals surface area contributed by atoms with Crippen molar-refractivity contribution in [2.75, 3.05) is 0 Å². The molecular weight excluding hydrogens is 236 g/mol. The first-order valence-corrected chi connectivity index (χ1v) is 5.74. The second-order valence-electron chi connectivity index (χ2n) is 4.88. The Labute approximate surface area is 105 Å². The van der Waals surface area contributed by atoms with E-state index in [0.29, 0.717) is 17.2 Å². The van der Waals surface area contributed by atoms with Crippen LogP contribution in [0.1, 0.15) is 38.1 Å². The predicted molar refractivity (Wildman–Crippen MR) is 64.5 cm³/mol. The summed E-state index contributed by atoms with van der Waals surface area (Å²) in [6.45, 7) is 7.24. The molecular formula is C13H16O5. The van der Waals surface area contributed by atoms with Crippen molar-refractivity contribution in [1.82, 2.24) is 0 Å². The number of aromatic carboxylic acids is 1. The van der Waals surface area contributed by atoms with Gasteiger partial charge in [-0.25, -0.2) is 4.79 Å². The van der Waals surface area contributed by atoms with Crippen LogP contribution >= 0.6 is 0 Å². The minimum absolute atomic E-state index is 0.0783. The van der Waals surface area contributed by atoms with E-state index in [-0.39, 0.29) is 11.7 Å². The highest BCUT2D eigenvalue weighted by Crippen LogP contribution is 2.47. The highest BCUT2D eigenvalue weighted by molar-refractivity contribution is 5.89. The normalized spacial score (nSPS) is 15.8. The molecule has 1 aromatic rings. The van der Waals surface area contributed by atoms with Gasteiger partial charge < -0.3 is 19.3 Å². The molecule has 1 aromatic carbocycles. The molecule has 5 heteroatoms. The maximum Gasteiger partial charge on any atom is 0.335 e. The Morgan fingerprint density at radius 2 is 2.00 bits per heavy atom. The quantitative estimate of drug-likeness (QED) is 0.895. The smallest absolute Gasteiger partial charge is 0.335 e. The van der Waals surface area contributed by atoms with Crippen LogP contribution in [-0.2, 0) is 0 Å². The first-order chi connectivity index (χ1) is 8.28. The third kappa shape index (κ3) is 2.34. The topological polar surface area (TPSA) is 65.0 Å². The van der Waals surface area contributed by atoms with Crippen LogP contribution in [0.4, 0.5) is 0 Å². The molecule has 1 N–H and O–H groups in total. The van der Waals surface area contributed by atoms with Gasteiger partial charge in [0.2, 0.25) is 11.5 Å². The largest absolute Gasteiger partial charge is 0.487 e. The summed E-state index contributed by atoms with van der Waals surface area (Å²) in [5, 5.41) is 9.05. The van der Waals surface area contributed by atoms with Gasteiger partial charge in [-0.3, -0.25) is 0 Å². The molecule has 5 nitrogen and oxygen atoms in total. The second-order valence-corrected chi connectivity index (χ2v) is 4.88. The fraction of sp³-hybridized carbons (Fsp3) is 0.462. The summed E-state index contributed by atoms with van der Waals surface area (Å²) in [6.07, 6.45) is -0.0783. The molecule has 0 aliphatic carbocycles. The number of carbonyl (C=O) groups is 1. The summed E-state index contributed by atoms with van der Waals surface area (Å²) in [4.78, 5) is 11.0. The molecule has 0 spiro atoms.